The largest absolute Gasteiger partial charge is 0.457 e. The molecular formula is C24H22N2O2. The van der Waals surface area contributed by atoms with Crippen LogP contribution in [0.5, 0.6) is 11.5 Å². The third-order valence-electron chi connectivity index (χ3n) is 4.06. The van der Waals surface area contributed by atoms with Gasteiger partial charge in [-0.25, -0.2) is 0 Å². The van der Waals surface area contributed by atoms with Gasteiger partial charge in [-0.05, 0) is 48.5 Å². The zero-order valence-electron chi connectivity index (χ0n) is 16.0. The molecule has 3 rings (SSSR count). The lowest BCUT2D eigenvalue weighted by atomic mass is 10.2. The van der Waals surface area contributed by atoms with Crippen LogP contribution >= 0.6 is 0 Å². The van der Waals surface area contributed by atoms with Gasteiger partial charge >= 0.3 is 0 Å². The van der Waals surface area contributed by atoms with Crippen LogP contribution in [0.1, 0.15) is 15.9 Å². The number of hydrogen-bond acceptors (Lipinski definition) is 3. The zero-order valence-corrected chi connectivity index (χ0v) is 16.0. The van der Waals surface area contributed by atoms with E-state index in [-0.39, 0.29) is 12.5 Å². The van der Waals surface area contributed by atoms with E-state index in [4.69, 9.17) is 4.74 Å². The maximum Gasteiger partial charge on any atom is 0.255 e. The number of nitrogens with one attached hydrogen (secondary N) is 1. The number of benzene rings is 3. The average molecular weight is 370 g/mol. The first-order chi connectivity index (χ1) is 13.6. The molecule has 0 radical (unpaired) electrons. The van der Waals surface area contributed by atoms with Crippen molar-refractivity contribution in [3.63, 3.8) is 0 Å². The van der Waals surface area contributed by atoms with Gasteiger partial charge in [-0.1, -0.05) is 42.2 Å². The minimum Gasteiger partial charge on any atom is -0.457 e. The Bertz CT molecular complexity index is 984. The van der Waals surface area contributed by atoms with Crippen LogP contribution in [0.4, 0.5) is 5.69 Å². The fourth-order valence-electron chi connectivity index (χ4n) is 2.57. The summed E-state index contributed by atoms with van der Waals surface area (Å²) in [5, 5.41) is 2.82. The van der Waals surface area contributed by atoms with E-state index in [1.54, 1.807) is 12.1 Å². The van der Waals surface area contributed by atoms with Crippen molar-refractivity contribution in [1.29, 1.82) is 0 Å². The zero-order chi connectivity index (χ0) is 19.8. The van der Waals surface area contributed by atoms with Gasteiger partial charge in [0.1, 0.15) is 11.5 Å². The Morgan fingerprint density at radius 2 is 1.61 bits per heavy atom. The van der Waals surface area contributed by atoms with E-state index in [2.05, 4.69) is 17.2 Å². The lowest BCUT2D eigenvalue weighted by molar-refractivity contribution is 0.0956. The number of anilines is 1. The van der Waals surface area contributed by atoms with Crippen LogP contribution in [0.25, 0.3) is 0 Å². The van der Waals surface area contributed by atoms with Gasteiger partial charge in [0, 0.05) is 25.3 Å². The summed E-state index contributed by atoms with van der Waals surface area (Å²) in [6.07, 6.45) is 0. The lowest BCUT2D eigenvalue weighted by Gasteiger charge is -2.11. The Kier molecular flexibility index (Phi) is 6.33. The van der Waals surface area contributed by atoms with Gasteiger partial charge in [0.25, 0.3) is 5.91 Å². The van der Waals surface area contributed by atoms with Crippen molar-refractivity contribution in [2.24, 2.45) is 0 Å². The van der Waals surface area contributed by atoms with E-state index in [1.807, 2.05) is 85.7 Å². The molecule has 1 N–H and O–H groups in total. The fourth-order valence-corrected chi connectivity index (χ4v) is 2.57. The molecule has 0 aliphatic heterocycles. The molecule has 4 heteroatoms. The van der Waals surface area contributed by atoms with Crippen LogP contribution in [0.3, 0.4) is 0 Å². The molecule has 0 atom stereocenters. The van der Waals surface area contributed by atoms with Gasteiger partial charge < -0.3 is 15.0 Å². The second kappa shape index (κ2) is 9.29. The van der Waals surface area contributed by atoms with E-state index in [1.165, 1.54) is 0 Å². The van der Waals surface area contributed by atoms with Crippen LogP contribution < -0.4 is 15.0 Å². The summed E-state index contributed by atoms with van der Waals surface area (Å²) in [7, 11) is 3.99. The monoisotopic (exact) mass is 370 g/mol. The van der Waals surface area contributed by atoms with Gasteiger partial charge in [-0.3, -0.25) is 4.79 Å². The van der Waals surface area contributed by atoms with E-state index in [9.17, 15) is 4.79 Å². The van der Waals surface area contributed by atoms with Crippen LogP contribution in [0.15, 0.2) is 78.9 Å². The van der Waals surface area contributed by atoms with Crippen molar-refractivity contribution >= 4 is 11.6 Å². The third-order valence-corrected chi connectivity index (χ3v) is 4.06. The Labute approximate surface area is 165 Å². The lowest BCUT2D eigenvalue weighted by Crippen LogP contribution is -2.24. The molecule has 1 amide bonds. The highest BCUT2D eigenvalue weighted by Crippen LogP contribution is 2.24. The van der Waals surface area contributed by atoms with E-state index in [0.717, 1.165) is 11.3 Å². The number of rotatable bonds is 5. The first-order valence-corrected chi connectivity index (χ1v) is 9.00. The topological polar surface area (TPSA) is 41.6 Å². The summed E-state index contributed by atoms with van der Waals surface area (Å²) in [6, 6.07) is 24.5. The van der Waals surface area contributed by atoms with Crippen molar-refractivity contribution in [3.05, 3.63) is 90.0 Å². The highest BCUT2D eigenvalue weighted by Gasteiger charge is 2.11. The molecule has 0 unspecified atom stereocenters. The fraction of sp³-hybridized carbons (Fsp3) is 0.125. The van der Waals surface area contributed by atoms with Crippen molar-refractivity contribution in [3.8, 4) is 23.3 Å². The molecule has 4 nitrogen and oxygen atoms in total. The third kappa shape index (κ3) is 5.15. The van der Waals surface area contributed by atoms with Gasteiger partial charge in [0.15, 0.2) is 0 Å². The van der Waals surface area contributed by atoms with Crippen LogP contribution in [-0.4, -0.2) is 26.5 Å². The maximum absolute atomic E-state index is 12.5. The highest BCUT2D eigenvalue weighted by atomic mass is 16.5. The molecule has 3 aromatic rings. The number of carbonyl (C=O) groups excluding carboxylic acids is 1. The predicted molar refractivity (Wildman–Crippen MR) is 113 cm³/mol. The number of amides is 1. The molecule has 0 bridgehead atoms. The Morgan fingerprint density at radius 3 is 2.32 bits per heavy atom. The summed E-state index contributed by atoms with van der Waals surface area (Å²) in [4.78, 5) is 14.6. The molecule has 0 aromatic heterocycles. The molecule has 0 spiro atoms. The molecule has 0 heterocycles. The molecule has 0 aliphatic rings. The highest BCUT2D eigenvalue weighted by molar-refractivity contribution is 5.97. The van der Waals surface area contributed by atoms with E-state index < -0.39 is 0 Å². The molecule has 3 aromatic carbocycles. The molecule has 0 saturated heterocycles. The molecule has 0 saturated carbocycles. The first-order valence-electron chi connectivity index (χ1n) is 9.00. The van der Waals surface area contributed by atoms with Crippen molar-refractivity contribution in [1.82, 2.24) is 5.32 Å². The maximum atomic E-state index is 12.5. The summed E-state index contributed by atoms with van der Waals surface area (Å²) in [5.74, 6) is 7.02. The smallest absolute Gasteiger partial charge is 0.255 e. The first kappa shape index (κ1) is 19.1. The number of ether oxygens (including phenoxy) is 1. The second-order valence-corrected chi connectivity index (χ2v) is 6.34. The van der Waals surface area contributed by atoms with Gasteiger partial charge in [0.05, 0.1) is 12.1 Å². The molecule has 0 fully saturated rings. The number of hydrogen-bond donors (Lipinski definition) is 1. The number of para-hydroxylation sites is 2. The Morgan fingerprint density at radius 1 is 0.929 bits per heavy atom. The predicted octanol–water partition coefficient (Wildman–Crippen LogP) is 4.33. The summed E-state index contributed by atoms with van der Waals surface area (Å²) in [6.45, 7) is 0.258. The quantitative estimate of drug-likeness (QED) is 0.680. The van der Waals surface area contributed by atoms with Crippen molar-refractivity contribution in [2.45, 2.75) is 0 Å². The summed E-state index contributed by atoms with van der Waals surface area (Å²) < 4.78 is 5.84. The van der Waals surface area contributed by atoms with Gasteiger partial charge in [0.2, 0.25) is 0 Å². The standard InChI is InChI=1S/C24H22N2O2/c1-26(2)20-16-14-19(15-17-20)9-8-18-25-24(27)22-12-6-7-13-23(22)28-21-10-4-3-5-11-21/h3-7,10-17H,18H2,1-2H3,(H,25,27). The van der Waals surface area contributed by atoms with E-state index >= 15 is 0 Å². The minimum absolute atomic E-state index is 0.219. The Hall–Kier alpha value is -3.71. The minimum atomic E-state index is -0.219. The summed E-state index contributed by atoms with van der Waals surface area (Å²) in [5.41, 5.74) is 2.50. The van der Waals surface area contributed by atoms with Crippen molar-refractivity contribution in [2.75, 3.05) is 25.5 Å². The molecule has 140 valence electrons. The van der Waals surface area contributed by atoms with Crippen molar-refractivity contribution < 1.29 is 9.53 Å². The SMILES string of the molecule is CN(C)c1ccc(C#CCNC(=O)c2ccccc2Oc2ccccc2)cc1. The normalized spacial score (nSPS) is 9.79. The molecular weight excluding hydrogens is 348 g/mol. The summed E-state index contributed by atoms with van der Waals surface area (Å²) >= 11 is 0. The van der Waals surface area contributed by atoms with Crippen LogP contribution in [-0.2, 0) is 0 Å². The van der Waals surface area contributed by atoms with Crippen LogP contribution in [0.2, 0.25) is 0 Å². The Balaban J connectivity index is 1.61. The second-order valence-electron chi connectivity index (χ2n) is 6.34. The van der Waals surface area contributed by atoms with Crippen LogP contribution in [0, 0.1) is 11.8 Å². The molecule has 28 heavy (non-hydrogen) atoms. The number of carbonyl (C=O) groups is 1. The average Bonchev–Trinajstić information content (AvgIpc) is 2.72. The molecule has 0 aliphatic carbocycles. The van der Waals surface area contributed by atoms with Gasteiger partial charge in [-0.15, -0.1) is 0 Å². The van der Waals surface area contributed by atoms with E-state index in [0.29, 0.717) is 17.1 Å². The van der Waals surface area contributed by atoms with Gasteiger partial charge in [-0.2, -0.15) is 0 Å². The number of nitrogens with zero attached hydrogens (tertiary/aromatic N) is 1.